The van der Waals surface area contributed by atoms with E-state index in [4.69, 9.17) is 16.7 Å². The molecule has 0 aromatic carbocycles. The van der Waals surface area contributed by atoms with Crippen LogP contribution in [0.25, 0.3) is 10.4 Å². The van der Waals surface area contributed by atoms with Crippen molar-refractivity contribution in [3.63, 3.8) is 0 Å². The Morgan fingerprint density at radius 2 is 2.14 bits per heavy atom. The molecule has 1 saturated heterocycles. The zero-order chi connectivity index (χ0) is 15.7. The maximum absolute atomic E-state index is 11.0. The minimum atomic E-state index is -1.05. The largest absolute Gasteiger partial charge is 0.478 e. The minimum absolute atomic E-state index is 0.0879. The molecule has 1 unspecified atom stereocenters. The number of carboxylic acid groups (broad SMARTS) is 1. The number of carboxylic acids is 1. The topological polar surface area (TPSA) is 86.5 Å². The number of aromatic nitrogens is 2. The standard InChI is InChI=1S/C14H14ClN3O3S/c15-12-10(13(20)21)4-11(22-12)8-5-16-14(17-6-8)18-3-1-2-9(19)7-18/h4-6,9,19H,1-3,7H2,(H,20,21). The SMILES string of the molecule is O=C(O)c1cc(-c2cnc(N3CCCC(O)C3)nc2)sc1Cl. The Bertz CT molecular complexity index is 689. The molecule has 2 aromatic heterocycles. The number of nitrogens with zero attached hydrogens (tertiary/aromatic N) is 3. The number of aromatic carboxylic acids is 1. The maximum Gasteiger partial charge on any atom is 0.338 e. The fraction of sp³-hybridized carbons (Fsp3) is 0.357. The van der Waals surface area contributed by atoms with E-state index in [2.05, 4.69) is 9.97 Å². The smallest absolute Gasteiger partial charge is 0.338 e. The molecular weight excluding hydrogens is 326 g/mol. The van der Waals surface area contributed by atoms with Crippen LogP contribution in [-0.4, -0.2) is 45.3 Å². The quantitative estimate of drug-likeness (QED) is 0.893. The lowest BCUT2D eigenvalue weighted by atomic mass is 10.1. The lowest BCUT2D eigenvalue weighted by Crippen LogP contribution is -2.39. The number of piperidine rings is 1. The predicted octanol–water partition coefficient (Wildman–Crippen LogP) is 2.52. The molecule has 116 valence electrons. The normalized spacial score (nSPS) is 18.5. The van der Waals surface area contributed by atoms with Gasteiger partial charge in [-0.3, -0.25) is 0 Å². The van der Waals surface area contributed by atoms with Crippen molar-refractivity contribution in [3.05, 3.63) is 28.4 Å². The molecule has 2 N–H and O–H groups in total. The first kappa shape index (κ1) is 15.2. The van der Waals surface area contributed by atoms with Gasteiger partial charge in [0.1, 0.15) is 4.34 Å². The van der Waals surface area contributed by atoms with E-state index >= 15 is 0 Å². The lowest BCUT2D eigenvalue weighted by Gasteiger charge is -2.29. The van der Waals surface area contributed by atoms with Gasteiger partial charge in [0.05, 0.1) is 11.7 Å². The molecule has 1 aliphatic heterocycles. The summed E-state index contributed by atoms with van der Waals surface area (Å²) < 4.78 is 0.241. The van der Waals surface area contributed by atoms with Gasteiger partial charge in [-0.05, 0) is 18.9 Å². The maximum atomic E-state index is 11.0. The number of rotatable bonds is 3. The number of hydrogen-bond acceptors (Lipinski definition) is 6. The van der Waals surface area contributed by atoms with Crippen LogP contribution in [0.3, 0.4) is 0 Å². The molecule has 1 fully saturated rings. The molecular formula is C14H14ClN3O3S. The number of thiophene rings is 1. The highest BCUT2D eigenvalue weighted by Crippen LogP contribution is 2.34. The van der Waals surface area contributed by atoms with Gasteiger partial charge in [0.15, 0.2) is 0 Å². The van der Waals surface area contributed by atoms with Crippen LogP contribution in [0.4, 0.5) is 5.95 Å². The highest BCUT2D eigenvalue weighted by molar-refractivity contribution is 7.19. The number of hydrogen-bond donors (Lipinski definition) is 2. The third-order valence-corrected chi connectivity index (χ3v) is 4.93. The summed E-state index contributed by atoms with van der Waals surface area (Å²) >= 11 is 7.11. The van der Waals surface area contributed by atoms with Crippen LogP contribution in [0, 0.1) is 0 Å². The van der Waals surface area contributed by atoms with E-state index in [1.165, 1.54) is 17.4 Å². The molecule has 8 heteroatoms. The van der Waals surface area contributed by atoms with E-state index in [-0.39, 0.29) is 16.0 Å². The van der Waals surface area contributed by atoms with Gasteiger partial charge in [0, 0.05) is 35.9 Å². The second-order valence-corrected chi connectivity index (χ2v) is 6.77. The molecule has 1 atom stereocenters. The fourth-order valence-electron chi connectivity index (χ4n) is 2.41. The average Bonchev–Trinajstić information content (AvgIpc) is 2.90. The van der Waals surface area contributed by atoms with Gasteiger partial charge < -0.3 is 15.1 Å². The predicted molar refractivity (Wildman–Crippen MR) is 84.8 cm³/mol. The number of β-amino-alcohol motifs (C(OH)–C–C–N with tert-alkyl or cyclic N) is 1. The second kappa shape index (κ2) is 6.20. The highest BCUT2D eigenvalue weighted by Gasteiger charge is 2.20. The molecule has 3 heterocycles. The van der Waals surface area contributed by atoms with Crippen LogP contribution >= 0.6 is 22.9 Å². The zero-order valence-corrected chi connectivity index (χ0v) is 13.1. The van der Waals surface area contributed by atoms with Crippen LogP contribution in [0.2, 0.25) is 4.34 Å². The molecule has 0 spiro atoms. The van der Waals surface area contributed by atoms with Crippen molar-refractivity contribution in [1.29, 1.82) is 0 Å². The zero-order valence-electron chi connectivity index (χ0n) is 11.6. The van der Waals surface area contributed by atoms with Crippen molar-refractivity contribution < 1.29 is 15.0 Å². The van der Waals surface area contributed by atoms with Gasteiger partial charge in [0.25, 0.3) is 0 Å². The van der Waals surface area contributed by atoms with Crippen LogP contribution in [0.5, 0.6) is 0 Å². The van der Waals surface area contributed by atoms with Crippen LogP contribution < -0.4 is 4.90 Å². The van der Waals surface area contributed by atoms with Crippen LogP contribution in [-0.2, 0) is 0 Å². The number of carbonyl (C=O) groups is 1. The lowest BCUT2D eigenvalue weighted by molar-refractivity contribution is 0.0697. The Labute approximate surface area is 136 Å². The molecule has 1 aliphatic rings. The minimum Gasteiger partial charge on any atom is -0.478 e. The van der Waals surface area contributed by atoms with Gasteiger partial charge in [-0.2, -0.15) is 0 Å². The van der Waals surface area contributed by atoms with Crippen molar-refractivity contribution in [2.45, 2.75) is 18.9 Å². The summed E-state index contributed by atoms with van der Waals surface area (Å²) in [5, 5.41) is 18.7. The Hall–Kier alpha value is -1.70. The summed E-state index contributed by atoms with van der Waals surface area (Å²) in [4.78, 5) is 22.3. The molecule has 0 bridgehead atoms. The monoisotopic (exact) mass is 339 g/mol. The summed E-state index contributed by atoms with van der Waals surface area (Å²) in [6.07, 6.45) is 4.68. The van der Waals surface area contributed by atoms with Gasteiger partial charge >= 0.3 is 5.97 Å². The van der Waals surface area contributed by atoms with Gasteiger partial charge in [0.2, 0.25) is 5.95 Å². The molecule has 0 saturated carbocycles. The van der Waals surface area contributed by atoms with Gasteiger partial charge in [-0.15, -0.1) is 11.3 Å². The Kier molecular flexibility index (Phi) is 4.28. The third-order valence-electron chi connectivity index (χ3n) is 3.52. The van der Waals surface area contributed by atoms with E-state index in [1.807, 2.05) is 4.90 Å². The first-order valence-corrected chi connectivity index (χ1v) is 8.02. The van der Waals surface area contributed by atoms with E-state index < -0.39 is 5.97 Å². The summed E-state index contributed by atoms with van der Waals surface area (Å²) in [6, 6.07) is 1.53. The molecule has 3 rings (SSSR count). The highest BCUT2D eigenvalue weighted by atomic mass is 35.5. The van der Waals surface area contributed by atoms with Gasteiger partial charge in [-0.1, -0.05) is 11.6 Å². The van der Waals surface area contributed by atoms with E-state index in [0.717, 1.165) is 24.9 Å². The van der Waals surface area contributed by atoms with Crippen molar-refractivity contribution in [2.75, 3.05) is 18.0 Å². The first-order valence-electron chi connectivity index (χ1n) is 6.82. The molecule has 0 radical (unpaired) electrons. The molecule has 22 heavy (non-hydrogen) atoms. The van der Waals surface area contributed by atoms with E-state index in [9.17, 15) is 9.90 Å². The van der Waals surface area contributed by atoms with Crippen LogP contribution in [0.1, 0.15) is 23.2 Å². The van der Waals surface area contributed by atoms with E-state index in [0.29, 0.717) is 17.4 Å². The molecule has 0 aliphatic carbocycles. The summed E-state index contributed by atoms with van der Waals surface area (Å²) in [6.45, 7) is 1.36. The average molecular weight is 340 g/mol. The van der Waals surface area contributed by atoms with Crippen molar-refractivity contribution in [1.82, 2.24) is 9.97 Å². The summed E-state index contributed by atoms with van der Waals surface area (Å²) in [5.74, 6) is -0.476. The number of halogens is 1. The summed E-state index contributed by atoms with van der Waals surface area (Å²) in [5.41, 5.74) is 0.811. The first-order chi connectivity index (χ1) is 10.5. The Balaban J connectivity index is 1.82. The van der Waals surface area contributed by atoms with Crippen molar-refractivity contribution in [3.8, 4) is 10.4 Å². The fourth-order valence-corrected chi connectivity index (χ4v) is 3.64. The van der Waals surface area contributed by atoms with Crippen molar-refractivity contribution >= 4 is 34.9 Å². The van der Waals surface area contributed by atoms with Gasteiger partial charge in [-0.25, -0.2) is 14.8 Å². The third kappa shape index (κ3) is 3.06. The Morgan fingerprint density at radius 1 is 1.41 bits per heavy atom. The molecule has 0 amide bonds. The molecule has 2 aromatic rings. The Morgan fingerprint density at radius 3 is 2.73 bits per heavy atom. The van der Waals surface area contributed by atoms with Crippen LogP contribution in [0.15, 0.2) is 18.5 Å². The molecule has 6 nitrogen and oxygen atoms in total. The van der Waals surface area contributed by atoms with E-state index in [1.54, 1.807) is 12.4 Å². The number of anilines is 1. The number of aliphatic hydroxyl groups excluding tert-OH is 1. The summed E-state index contributed by atoms with van der Waals surface area (Å²) in [7, 11) is 0. The second-order valence-electron chi connectivity index (χ2n) is 5.12. The van der Waals surface area contributed by atoms with Crippen molar-refractivity contribution in [2.24, 2.45) is 0 Å². The number of aliphatic hydroxyl groups is 1.